The Kier molecular flexibility index (Phi) is 6.98. The van der Waals surface area contributed by atoms with Crippen LogP contribution in [0.4, 0.5) is 0 Å². The van der Waals surface area contributed by atoms with Crippen molar-refractivity contribution < 1.29 is 18.1 Å². The number of fused-ring (bicyclic) bond motifs is 1. The second kappa shape index (κ2) is 9.03. The summed E-state index contributed by atoms with van der Waals surface area (Å²) in [4.78, 5) is 0. The van der Waals surface area contributed by atoms with Gasteiger partial charge < -0.3 is 0 Å². The minimum atomic E-state index is -3.46. The van der Waals surface area contributed by atoms with Crippen molar-refractivity contribution in [2.75, 3.05) is 14.2 Å². The number of hydrogen-bond acceptors (Lipinski definition) is 4. The van der Waals surface area contributed by atoms with E-state index >= 15 is 0 Å². The lowest BCUT2D eigenvalue weighted by Gasteiger charge is -2.42. The van der Waals surface area contributed by atoms with Gasteiger partial charge in [0.2, 0.25) is 0 Å². The molecule has 0 saturated carbocycles. The first kappa shape index (κ1) is 23.9. The average molecular weight is 443 g/mol. The van der Waals surface area contributed by atoms with E-state index in [1.807, 2.05) is 24.3 Å². The van der Waals surface area contributed by atoms with Crippen molar-refractivity contribution in [2.24, 2.45) is 0 Å². The minimum absolute atomic E-state index is 0.164. The Morgan fingerprint density at radius 1 is 0.935 bits per heavy atom. The highest BCUT2D eigenvalue weighted by molar-refractivity contribution is 7.48. The Morgan fingerprint density at radius 3 is 2.10 bits per heavy atom. The van der Waals surface area contributed by atoms with Crippen LogP contribution in [0.3, 0.4) is 0 Å². The van der Waals surface area contributed by atoms with Crippen molar-refractivity contribution in [3.8, 4) is 0 Å². The average Bonchev–Trinajstić information content (AvgIpc) is 2.76. The summed E-state index contributed by atoms with van der Waals surface area (Å²) in [6.45, 7) is 11.7. The smallest absolute Gasteiger partial charge is 0.290 e. The van der Waals surface area contributed by atoms with E-state index in [2.05, 4.69) is 58.9 Å². The van der Waals surface area contributed by atoms with E-state index in [1.54, 1.807) is 0 Å². The quantitative estimate of drug-likeness (QED) is 0.329. The fraction of sp³-hybridized carbons (Fsp3) is 0.462. The molecule has 2 aromatic carbocycles. The van der Waals surface area contributed by atoms with E-state index in [9.17, 15) is 4.57 Å². The molecule has 0 atom stereocenters. The fourth-order valence-electron chi connectivity index (χ4n) is 4.21. The van der Waals surface area contributed by atoms with Gasteiger partial charge in [0.15, 0.2) is 0 Å². The van der Waals surface area contributed by atoms with Crippen LogP contribution < -0.4 is 0 Å². The Balaban J connectivity index is 1.80. The SMILES string of the molecule is COP(=O)(OC)OCc1ccc(C=C(C)c2ccc3c(c2)C(C)(C)CCC3(C)C)cc1. The third-order valence-corrected chi connectivity index (χ3v) is 7.85. The lowest BCUT2D eigenvalue weighted by Crippen LogP contribution is -2.33. The summed E-state index contributed by atoms with van der Waals surface area (Å²) in [7, 11) is -0.845. The van der Waals surface area contributed by atoms with Crippen LogP contribution in [0.5, 0.6) is 0 Å². The van der Waals surface area contributed by atoms with Crippen molar-refractivity contribution in [1.29, 1.82) is 0 Å². The molecule has 2 aromatic rings. The molecule has 3 rings (SSSR count). The van der Waals surface area contributed by atoms with Crippen LogP contribution in [0.1, 0.15) is 75.3 Å². The van der Waals surface area contributed by atoms with Crippen LogP contribution >= 0.6 is 7.82 Å². The summed E-state index contributed by atoms with van der Waals surface area (Å²) in [6, 6.07) is 15.0. The fourth-order valence-corrected chi connectivity index (χ4v) is 4.88. The van der Waals surface area contributed by atoms with Crippen LogP contribution in [0.15, 0.2) is 42.5 Å². The first-order chi connectivity index (χ1) is 14.5. The van der Waals surface area contributed by atoms with Gasteiger partial charge in [0.1, 0.15) is 0 Å². The molecule has 0 spiro atoms. The largest absolute Gasteiger partial charge is 0.474 e. The Morgan fingerprint density at radius 2 is 1.52 bits per heavy atom. The Hall–Kier alpha value is -1.71. The number of allylic oxidation sites excluding steroid dienone is 1. The van der Waals surface area contributed by atoms with Gasteiger partial charge >= 0.3 is 7.82 Å². The highest BCUT2D eigenvalue weighted by atomic mass is 31.2. The molecule has 168 valence electrons. The Labute approximate surface area is 187 Å². The third-order valence-electron chi connectivity index (χ3n) is 6.51. The molecule has 31 heavy (non-hydrogen) atoms. The minimum Gasteiger partial charge on any atom is -0.290 e. The number of hydrogen-bond donors (Lipinski definition) is 0. The van der Waals surface area contributed by atoms with Gasteiger partial charge in [-0.2, -0.15) is 0 Å². The molecule has 0 saturated heterocycles. The number of benzene rings is 2. The van der Waals surface area contributed by atoms with Gasteiger partial charge in [0, 0.05) is 14.2 Å². The standard InChI is InChI=1S/C26H35O4P/c1-19(16-20-8-10-21(11-9-20)18-30-31(27,28-6)29-7)22-12-13-23-24(17-22)26(4,5)15-14-25(23,2)3/h8-13,16-17H,14-15,18H2,1-7H3. The second-order valence-corrected chi connectivity index (χ2v) is 11.6. The molecule has 0 N–H and O–H groups in total. The molecular weight excluding hydrogens is 407 g/mol. The monoisotopic (exact) mass is 442 g/mol. The number of rotatable bonds is 7. The summed E-state index contributed by atoms with van der Waals surface area (Å²) >= 11 is 0. The lowest BCUT2D eigenvalue weighted by molar-refractivity contribution is 0.146. The molecule has 0 aromatic heterocycles. The van der Waals surface area contributed by atoms with Crippen LogP contribution in [-0.4, -0.2) is 14.2 Å². The molecule has 4 nitrogen and oxygen atoms in total. The highest BCUT2D eigenvalue weighted by Crippen LogP contribution is 2.48. The topological polar surface area (TPSA) is 44.8 Å². The lowest BCUT2D eigenvalue weighted by atomic mass is 9.63. The molecule has 0 fully saturated rings. The summed E-state index contributed by atoms with van der Waals surface area (Å²) in [5.74, 6) is 0. The van der Waals surface area contributed by atoms with E-state index < -0.39 is 7.82 Å². The van der Waals surface area contributed by atoms with Crippen molar-refractivity contribution in [1.82, 2.24) is 0 Å². The van der Waals surface area contributed by atoms with Gasteiger partial charge in [0.25, 0.3) is 0 Å². The normalized spacial score (nSPS) is 18.0. The molecule has 0 bridgehead atoms. The van der Waals surface area contributed by atoms with Crippen LogP contribution in [0, 0.1) is 0 Å². The summed E-state index contributed by atoms with van der Waals surface area (Å²) in [5.41, 5.74) is 7.90. The van der Waals surface area contributed by atoms with Crippen LogP contribution in [-0.2, 0) is 35.6 Å². The molecule has 1 aliphatic rings. The second-order valence-electron chi connectivity index (χ2n) is 9.68. The zero-order valence-corrected chi connectivity index (χ0v) is 20.7. The summed E-state index contributed by atoms with van der Waals surface area (Å²) in [6.07, 6.45) is 4.63. The van der Waals surface area contributed by atoms with Crippen molar-refractivity contribution in [3.05, 3.63) is 70.3 Å². The molecule has 0 amide bonds. The third kappa shape index (κ3) is 5.38. The van der Waals surface area contributed by atoms with Gasteiger partial charge in [0.05, 0.1) is 6.61 Å². The first-order valence-corrected chi connectivity index (χ1v) is 12.2. The molecule has 0 heterocycles. The van der Waals surface area contributed by atoms with Crippen LogP contribution in [0.25, 0.3) is 11.6 Å². The first-order valence-electron chi connectivity index (χ1n) is 10.8. The van der Waals surface area contributed by atoms with Gasteiger partial charge in [-0.15, -0.1) is 0 Å². The van der Waals surface area contributed by atoms with E-state index in [0.717, 1.165) is 11.1 Å². The van der Waals surface area contributed by atoms with Crippen molar-refractivity contribution in [2.45, 2.75) is 64.9 Å². The molecule has 0 unspecified atom stereocenters. The van der Waals surface area contributed by atoms with Gasteiger partial charge in [-0.3, -0.25) is 13.6 Å². The molecule has 5 heteroatoms. The molecule has 1 aliphatic carbocycles. The number of phosphoric ester groups is 1. The van der Waals surface area contributed by atoms with Gasteiger partial charge in [-0.25, -0.2) is 4.57 Å². The maximum absolute atomic E-state index is 12.0. The summed E-state index contributed by atoms with van der Waals surface area (Å²) in [5, 5.41) is 0. The zero-order chi connectivity index (χ0) is 22.9. The van der Waals surface area contributed by atoms with Gasteiger partial charge in [-0.05, 0) is 64.0 Å². The molecule has 0 radical (unpaired) electrons. The van der Waals surface area contributed by atoms with Crippen molar-refractivity contribution >= 4 is 19.5 Å². The predicted octanol–water partition coefficient (Wildman–Crippen LogP) is 7.51. The highest BCUT2D eigenvalue weighted by Gasteiger charge is 2.36. The van der Waals surface area contributed by atoms with E-state index in [0.29, 0.717) is 0 Å². The molecular formula is C26H35O4P. The van der Waals surface area contributed by atoms with Crippen LogP contribution in [0.2, 0.25) is 0 Å². The van der Waals surface area contributed by atoms with E-state index in [-0.39, 0.29) is 17.4 Å². The Bertz CT molecular complexity index is 995. The summed E-state index contributed by atoms with van der Waals surface area (Å²) < 4.78 is 26.9. The van der Waals surface area contributed by atoms with E-state index in [4.69, 9.17) is 13.6 Å². The number of phosphoric acid groups is 1. The maximum Gasteiger partial charge on any atom is 0.474 e. The maximum atomic E-state index is 12.0. The van der Waals surface area contributed by atoms with Gasteiger partial charge in [-0.1, -0.05) is 76.2 Å². The zero-order valence-electron chi connectivity index (χ0n) is 19.8. The van der Waals surface area contributed by atoms with Crippen molar-refractivity contribution in [3.63, 3.8) is 0 Å². The van der Waals surface area contributed by atoms with E-state index in [1.165, 1.54) is 49.3 Å². The predicted molar refractivity (Wildman–Crippen MR) is 128 cm³/mol. The molecule has 0 aliphatic heterocycles.